The summed E-state index contributed by atoms with van der Waals surface area (Å²) in [6, 6.07) is 12.9. The zero-order valence-corrected chi connectivity index (χ0v) is 17.8. The SMILES string of the molecule is COc1ccc(NC(=O)CO/N=C(/N)c2cccc(CN3CCCCC3)c2)cc1Cl. The predicted molar refractivity (Wildman–Crippen MR) is 119 cm³/mol. The van der Waals surface area contributed by atoms with Crippen molar-refractivity contribution in [2.75, 3.05) is 32.1 Å². The average molecular weight is 431 g/mol. The van der Waals surface area contributed by atoms with Crippen molar-refractivity contribution in [3.05, 3.63) is 58.6 Å². The number of rotatable bonds is 8. The van der Waals surface area contributed by atoms with E-state index in [4.69, 9.17) is 26.9 Å². The summed E-state index contributed by atoms with van der Waals surface area (Å²) in [4.78, 5) is 19.6. The number of methoxy groups -OCH3 is 1. The summed E-state index contributed by atoms with van der Waals surface area (Å²) >= 11 is 6.05. The van der Waals surface area contributed by atoms with E-state index < -0.39 is 0 Å². The van der Waals surface area contributed by atoms with Gasteiger partial charge in [0.25, 0.3) is 5.91 Å². The fourth-order valence-corrected chi connectivity index (χ4v) is 3.62. The lowest BCUT2D eigenvalue weighted by atomic mass is 10.1. The number of piperidine rings is 1. The van der Waals surface area contributed by atoms with Crippen LogP contribution in [0.25, 0.3) is 0 Å². The van der Waals surface area contributed by atoms with Crippen molar-refractivity contribution in [1.82, 2.24) is 4.90 Å². The number of benzene rings is 2. The smallest absolute Gasteiger partial charge is 0.265 e. The number of nitrogens with zero attached hydrogens (tertiary/aromatic N) is 2. The molecule has 0 aromatic heterocycles. The van der Waals surface area contributed by atoms with Crippen LogP contribution >= 0.6 is 11.6 Å². The first kappa shape index (κ1) is 21.9. The molecule has 1 heterocycles. The van der Waals surface area contributed by atoms with E-state index in [1.54, 1.807) is 18.2 Å². The van der Waals surface area contributed by atoms with Crippen LogP contribution in [0.3, 0.4) is 0 Å². The Labute approximate surface area is 181 Å². The lowest BCUT2D eigenvalue weighted by Crippen LogP contribution is -2.29. The number of halogens is 1. The van der Waals surface area contributed by atoms with E-state index in [-0.39, 0.29) is 18.3 Å². The lowest BCUT2D eigenvalue weighted by molar-refractivity contribution is -0.120. The van der Waals surface area contributed by atoms with Crippen molar-refractivity contribution < 1.29 is 14.4 Å². The van der Waals surface area contributed by atoms with Crippen molar-refractivity contribution in [3.63, 3.8) is 0 Å². The van der Waals surface area contributed by atoms with Crippen molar-refractivity contribution in [2.45, 2.75) is 25.8 Å². The molecule has 7 nitrogen and oxygen atoms in total. The molecule has 1 saturated heterocycles. The Balaban J connectivity index is 1.51. The summed E-state index contributed by atoms with van der Waals surface area (Å²) < 4.78 is 5.09. The molecule has 0 bridgehead atoms. The largest absolute Gasteiger partial charge is 0.495 e. The van der Waals surface area contributed by atoms with Gasteiger partial charge in [-0.2, -0.15) is 0 Å². The van der Waals surface area contributed by atoms with Gasteiger partial charge >= 0.3 is 0 Å². The van der Waals surface area contributed by atoms with Crippen LogP contribution < -0.4 is 15.8 Å². The predicted octanol–water partition coefficient (Wildman–Crippen LogP) is 3.61. The molecule has 0 unspecified atom stereocenters. The Bertz CT molecular complexity index is 898. The van der Waals surface area contributed by atoms with Gasteiger partial charge in [0.2, 0.25) is 0 Å². The molecule has 0 atom stereocenters. The number of amides is 1. The van der Waals surface area contributed by atoms with Crippen LogP contribution in [0.2, 0.25) is 5.02 Å². The minimum absolute atomic E-state index is 0.232. The quantitative estimate of drug-likeness (QED) is 0.379. The van der Waals surface area contributed by atoms with E-state index in [1.165, 1.54) is 31.9 Å². The molecule has 2 aromatic carbocycles. The molecule has 1 amide bonds. The van der Waals surface area contributed by atoms with E-state index in [1.807, 2.05) is 18.2 Å². The van der Waals surface area contributed by atoms with E-state index in [0.717, 1.165) is 25.2 Å². The van der Waals surface area contributed by atoms with Gasteiger partial charge in [-0.3, -0.25) is 9.69 Å². The van der Waals surface area contributed by atoms with Crippen molar-refractivity contribution in [3.8, 4) is 5.75 Å². The van der Waals surface area contributed by atoms with Crippen LogP contribution in [-0.4, -0.2) is 43.4 Å². The first-order valence-electron chi connectivity index (χ1n) is 9.95. The van der Waals surface area contributed by atoms with E-state index in [9.17, 15) is 4.79 Å². The average Bonchev–Trinajstić information content (AvgIpc) is 2.75. The second-order valence-electron chi connectivity index (χ2n) is 7.18. The molecule has 0 aliphatic carbocycles. The third-order valence-electron chi connectivity index (χ3n) is 4.87. The van der Waals surface area contributed by atoms with Crippen LogP contribution in [0.4, 0.5) is 5.69 Å². The zero-order valence-electron chi connectivity index (χ0n) is 17.1. The normalized spacial score (nSPS) is 14.9. The number of oxime groups is 1. The number of anilines is 1. The maximum Gasteiger partial charge on any atom is 0.265 e. The minimum Gasteiger partial charge on any atom is -0.495 e. The number of likely N-dealkylation sites (tertiary alicyclic amines) is 1. The van der Waals surface area contributed by atoms with Crippen molar-refractivity contribution >= 4 is 29.0 Å². The number of carbonyl (C=O) groups excluding carboxylic acids is 1. The van der Waals surface area contributed by atoms with Gasteiger partial charge < -0.3 is 20.6 Å². The Morgan fingerprint density at radius 3 is 2.73 bits per heavy atom. The van der Waals surface area contributed by atoms with Crippen LogP contribution in [0, 0.1) is 0 Å². The molecule has 0 spiro atoms. The van der Waals surface area contributed by atoms with Crippen LogP contribution in [0.15, 0.2) is 47.6 Å². The standard InChI is InChI=1S/C22H27ClN4O3/c1-29-20-9-8-18(13-19(20)23)25-21(28)15-30-26-22(24)17-7-5-6-16(12-17)14-27-10-3-2-4-11-27/h5-9,12-13H,2-4,10-11,14-15H2,1H3,(H2,24,26)(H,25,28). The molecule has 1 aliphatic rings. The summed E-state index contributed by atoms with van der Waals surface area (Å²) in [5.74, 6) is 0.397. The van der Waals surface area contributed by atoms with Gasteiger partial charge in [0.05, 0.1) is 12.1 Å². The molecule has 0 radical (unpaired) electrons. The minimum atomic E-state index is -0.369. The molecule has 1 fully saturated rings. The number of ether oxygens (including phenoxy) is 1. The topological polar surface area (TPSA) is 89.2 Å². The Morgan fingerprint density at radius 1 is 1.20 bits per heavy atom. The summed E-state index contributed by atoms with van der Waals surface area (Å²) in [5.41, 5.74) is 8.53. The number of hydrogen-bond donors (Lipinski definition) is 2. The summed E-state index contributed by atoms with van der Waals surface area (Å²) in [6.07, 6.45) is 3.82. The first-order valence-corrected chi connectivity index (χ1v) is 10.3. The molecule has 160 valence electrons. The monoisotopic (exact) mass is 430 g/mol. The number of nitrogens with two attached hydrogens (primary N) is 1. The third-order valence-corrected chi connectivity index (χ3v) is 5.17. The van der Waals surface area contributed by atoms with Gasteiger partial charge in [0.15, 0.2) is 12.4 Å². The fraction of sp³-hybridized carbons (Fsp3) is 0.364. The third kappa shape index (κ3) is 6.37. The van der Waals surface area contributed by atoms with E-state index in [0.29, 0.717) is 16.5 Å². The number of carbonyl (C=O) groups is 1. The van der Waals surface area contributed by atoms with Crippen LogP contribution in [0.5, 0.6) is 5.75 Å². The Morgan fingerprint density at radius 2 is 2.00 bits per heavy atom. The second kappa shape index (κ2) is 10.8. The second-order valence-corrected chi connectivity index (χ2v) is 7.59. The fourth-order valence-electron chi connectivity index (χ4n) is 3.36. The first-order chi connectivity index (χ1) is 14.5. The van der Waals surface area contributed by atoms with Gasteiger partial charge in [0.1, 0.15) is 5.75 Å². The van der Waals surface area contributed by atoms with Crippen LogP contribution in [-0.2, 0) is 16.2 Å². The van der Waals surface area contributed by atoms with Gasteiger partial charge in [0, 0.05) is 17.8 Å². The molecule has 3 N–H and O–H groups in total. The van der Waals surface area contributed by atoms with Crippen LogP contribution in [0.1, 0.15) is 30.4 Å². The highest BCUT2D eigenvalue weighted by Gasteiger charge is 2.11. The molecule has 1 aliphatic heterocycles. The maximum atomic E-state index is 12.0. The van der Waals surface area contributed by atoms with E-state index >= 15 is 0 Å². The Kier molecular flexibility index (Phi) is 7.93. The molecular weight excluding hydrogens is 404 g/mol. The molecule has 0 saturated carbocycles. The highest BCUT2D eigenvalue weighted by molar-refractivity contribution is 6.32. The molecule has 3 rings (SSSR count). The zero-order chi connectivity index (χ0) is 21.3. The number of nitrogens with one attached hydrogen (secondary N) is 1. The summed E-state index contributed by atoms with van der Waals surface area (Å²) in [6.45, 7) is 2.89. The summed E-state index contributed by atoms with van der Waals surface area (Å²) in [5, 5.41) is 6.97. The maximum absolute atomic E-state index is 12.0. The number of hydrogen-bond acceptors (Lipinski definition) is 5. The van der Waals surface area contributed by atoms with E-state index in [2.05, 4.69) is 21.4 Å². The lowest BCUT2D eigenvalue weighted by Gasteiger charge is -2.26. The molecule has 30 heavy (non-hydrogen) atoms. The van der Waals surface area contributed by atoms with Gasteiger partial charge in [-0.05, 0) is 55.8 Å². The highest BCUT2D eigenvalue weighted by Crippen LogP contribution is 2.27. The number of amidine groups is 1. The van der Waals surface area contributed by atoms with Gasteiger partial charge in [-0.15, -0.1) is 0 Å². The molecule has 2 aromatic rings. The van der Waals surface area contributed by atoms with Gasteiger partial charge in [-0.25, -0.2) is 0 Å². The molecule has 8 heteroatoms. The van der Waals surface area contributed by atoms with Gasteiger partial charge in [-0.1, -0.05) is 41.4 Å². The summed E-state index contributed by atoms with van der Waals surface area (Å²) in [7, 11) is 1.53. The molecular formula is C22H27ClN4O3. The Hall–Kier alpha value is -2.77. The van der Waals surface area contributed by atoms with Crippen molar-refractivity contribution in [1.29, 1.82) is 0 Å². The van der Waals surface area contributed by atoms with Crippen molar-refractivity contribution in [2.24, 2.45) is 10.9 Å². The highest BCUT2D eigenvalue weighted by atomic mass is 35.5.